The minimum Gasteiger partial charge on any atom is -0.342 e. The molecule has 1 aromatic heterocycles. The van der Waals surface area contributed by atoms with Gasteiger partial charge in [0.1, 0.15) is 11.4 Å². The first-order chi connectivity index (χ1) is 18.9. The maximum absolute atomic E-state index is 13.3. The highest BCUT2D eigenvalue weighted by Gasteiger charge is 2.57. The molecule has 2 saturated carbocycles. The van der Waals surface area contributed by atoms with Gasteiger partial charge < -0.3 is 4.90 Å². The fraction of sp³-hybridized carbons (Fsp3) is 0.438. The van der Waals surface area contributed by atoms with Crippen molar-refractivity contribution in [3.8, 4) is 22.3 Å². The van der Waals surface area contributed by atoms with E-state index in [9.17, 15) is 9.59 Å². The Balaban J connectivity index is 1.04. The Morgan fingerprint density at radius 3 is 2.08 bits per heavy atom. The van der Waals surface area contributed by atoms with Gasteiger partial charge in [0.05, 0.1) is 6.20 Å². The SMILES string of the molecule is CC(C)Cn1cc(-c2ccc(-c3ccc(C4=NC5(CC5)C(=O)N4CC4CN(C(=O)C5CC5)C4)cc3)cc2)cn1. The van der Waals surface area contributed by atoms with Crippen molar-refractivity contribution in [2.45, 2.75) is 51.6 Å². The van der Waals surface area contributed by atoms with Crippen LogP contribution in [0.3, 0.4) is 0 Å². The van der Waals surface area contributed by atoms with Crippen LogP contribution >= 0.6 is 0 Å². The molecule has 0 atom stereocenters. The maximum atomic E-state index is 13.3. The van der Waals surface area contributed by atoms with E-state index in [0.717, 1.165) is 79.0 Å². The molecule has 2 aromatic carbocycles. The average molecular weight is 522 g/mol. The Hall–Kier alpha value is -3.74. The van der Waals surface area contributed by atoms with Gasteiger partial charge in [-0.05, 0) is 48.3 Å². The van der Waals surface area contributed by atoms with Gasteiger partial charge in [-0.2, -0.15) is 5.10 Å². The summed E-state index contributed by atoms with van der Waals surface area (Å²) < 4.78 is 2.01. The molecule has 1 saturated heterocycles. The normalized spacial score (nSPS) is 20.1. The minimum atomic E-state index is -0.528. The molecule has 4 aliphatic rings. The molecule has 3 heterocycles. The van der Waals surface area contributed by atoms with Gasteiger partial charge in [0, 0.05) is 55.3 Å². The third-order valence-electron chi connectivity index (χ3n) is 8.46. The number of hydrogen-bond donors (Lipinski definition) is 0. The summed E-state index contributed by atoms with van der Waals surface area (Å²) in [7, 11) is 0. The van der Waals surface area contributed by atoms with Crippen LogP contribution < -0.4 is 0 Å². The molecule has 2 aliphatic heterocycles. The molecule has 0 N–H and O–H groups in total. The smallest absolute Gasteiger partial charge is 0.256 e. The van der Waals surface area contributed by atoms with E-state index in [1.807, 2.05) is 20.7 Å². The molecule has 2 amide bonds. The predicted molar refractivity (Wildman–Crippen MR) is 151 cm³/mol. The molecule has 1 spiro atoms. The number of amidine groups is 1. The third-order valence-corrected chi connectivity index (χ3v) is 8.46. The Morgan fingerprint density at radius 1 is 0.923 bits per heavy atom. The van der Waals surface area contributed by atoms with Gasteiger partial charge in [-0.1, -0.05) is 62.4 Å². The Bertz CT molecular complexity index is 1440. The number of hydrogen-bond acceptors (Lipinski definition) is 4. The molecule has 7 heteroatoms. The van der Waals surface area contributed by atoms with Crippen LogP contribution in [0.15, 0.2) is 65.9 Å². The summed E-state index contributed by atoms with van der Waals surface area (Å²) in [6.07, 6.45) is 7.79. The molecule has 0 bridgehead atoms. The van der Waals surface area contributed by atoms with Crippen molar-refractivity contribution in [1.82, 2.24) is 19.6 Å². The van der Waals surface area contributed by atoms with Crippen LogP contribution in [0.25, 0.3) is 22.3 Å². The highest BCUT2D eigenvalue weighted by atomic mass is 16.2. The molecule has 7 rings (SSSR count). The highest BCUT2D eigenvalue weighted by Crippen LogP contribution is 2.46. The largest absolute Gasteiger partial charge is 0.342 e. The maximum Gasteiger partial charge on any atom is 0.256 e. The zero-order valence-electron chi connectivity index (χ0n) is 22.7. The summed E-state index contributed by atoms with van der Waals surface area (Å²) in [5, 5.41) is 4.49. The summed E-state index contributed by atoms with van der Waals surface area (Å²) in [6.45, 7) is 7.46. The topological polar surface area (TPSA) is 70.8 Å². The van der Waals surface area contributed by atoms with E-state index in [1.54, 1.807) is 0 Å². The summed E-state index contributed by atoms with van der Waals surface area (Å²) in [4.78, 5) is 34.4. The molecule has 200 valence electrons. The highest BCUT2D eigenvalue weighted by molar-refractivity contribution is 6.16. The monoisotopic (exact) mass is 521 g/mol. The molecule has 2 aliphatic carbocycles. The van der Waals surface area contributed by atoms with Crippen LogP contribution in [-0.2, 0) is 16.1 Å². The fourth-order valence-electron chi connectivity index (χ4n) is 5.86. The van der Waals surface area contributed by atoms with Crippen LogP contribution in [0.5, 0.6) is 0 Å². The number of carbonyl (C=O) groups is 2. The lowest BCUT2D eigenvalue weighted by molar-refractivity contribution is -0.139. The van der Waals surface area contributed by atoms with Crippen LogP contribution in [0.1, 0.15) is 45.1 Å². The standard InChI is InChI=1S/C32H35N5O2/c1-21(2)16-36-20-28(15-33-36)25-5-3-23(4-6-25)24-7-9-26(10-8-24)29-34-32(13-14-32)31(39)37(29)19-22-17-35(18-22)30(38)27-11-12-27/h3-10,15,20-22,27H,11-14,16-19H2,1-2H3. The van der Waals surface area contributed by atoms with Crippen LogP contribution in [0.2, 0.25) is 0 Å². The van der Waals surface area contributed by atoms with Gasteiger partial charge >= 0.3 is 0 Å². The molecule has 3 fully saturated rings. The van der Waals surface area contributed by atoms with Crippen molar-refractivity contribution < 1.29 is 9.59 Å². The van der Waals surface area contributed by atoms with Crippen molar-refractivity contribution in [3.63, 3.8) is 0 Å². The van der Waals surface area contributed by atoms with Gasteiger partial charge in [-0.3, -0.25) is 24.2 Å². The van der Waals surface area contributed by atoms with E-state index in [-0.39, 0.29) is 11.8 Å². The van der Waals surface area contributed by atoms with E-state index in [0.29, 0.717) is 24.3 Å². The number of amides is 2. The average Bonchev–Trinajstić information content (AvgIpc) is 3.83. The number of aliphatic imine (C=N–C) groups is 1. The van der Waals surface area contributed by atoms with Crippen LogP contribution in [0, 0.1) is 17.8 Å². The summed E-state index contributed by atoms with van der Waals surface area (Å²) in [5.41, 5.74) is 5.02. The minimum absolute atomic E-state index is 0.140. The van der Waals surface area contributed by atoms with E-state index >= 15 is 0 Å². The first-order valence-electron chi connectivity index (χ1n) is 14.3. The van der Waals surface area contributed by atoms with E-state index in [2.05, 4.69) is 73.7 Å². The number of nitrogens with zero attached hydrogens (tertiary/aromatic N) is 5. The van der Waals surface area contributed by atoms with E-state index < -0.39 is 5.54 Å². The molecule has 39 heavy (non-hydrogen) atoms. The Kier molecular flexibility index (Phi) is 5.72. The first-order valence-corrected chi connectivity index (χ1v) is 14.3. The van der Waals surface area contributed by atoms with Gasteiger partial charge in [0.2, 0.25) is 5.91 Å². The van der Waals surface area contributed by atoms with Gasteiger partial charge in [0.25, 0.3) is 5.91 Å². The summed E-state index contributed by atoms with van der Waals surface area (Å²) in [5.74, 6) is 2.38. The zero-order chi connectivity index (χ0) is 26.7. The lowest BCUT2D eigenvalue weighted by atomic mass is 9.97. The van der Waals surface area contributed by atoms with E-state index in [4.69, 9.17) is 4.99 Å². The molecule has 7 nitrogen and oxygen atoms in total. The molecule has 0 unspecified atom stereocenters. The van der Waals surface area contributed by atoms with Crippen molar-refractivity contribution in [2.24, 2.45) is 22.7 Å². The predicted octanol–water partition coefficient (Wildman–Crippen LogP) is 4.86. The first kappa shape index (κ1) is 24.3. The lowest BCUT2D eigenvalue weighted by Gasteiger charge is -2.41. The lowest BCUT2D eigenvalue weighted by Crippen LogP contribution is -2.55. The summed E-state index contributed by atoms with van der Waals surface area (Å²) in [6, 6.07) is 17.0. The van der Waals surface area contributed by atoms with Crippen molar-refractivity contribution >= 4 is 17.6 Å². The Morgan fingerprint density at radius 2 is 1.51 bits per heavy atom. The quantitative estimate of drug-likeness (QED) is 0.425. The number of aromatic nitrogens is 2. The molecular formula is C32H35N5O2. The van der Waals surface area contributed by atoms with E-state index in [1.165, 1.54) is 0 Å². The second kappa shape index (κ2) is 9.18. The summed E-state index contributed by atoms with van der Waals surface area (Å²) >= 11 is 0. The van der Waals surface area contributed by atoms with Crippen molar-refractivity contribution in [2.75, 3.05) is 19.6 Å². The van der Waals surface area contributed by atoms with Crippen molar-refractivity contribution in [3.05, 3.63) is 66.5 Å². The Labute approximate surface area is 229 Å². The zero-order valence-corrected chi connectivity index (χ0v) is 22.7. The molecular weight excluding hydrogens is 486 g/mol. The van der Waals surface area contributed by atoms with Crippen LogP contribution in [0.4, 0.5) is 0 Å². The van der Waals surface area contributed by atoms with Gasteiger partial charge in [0.15, 0.2) is 0 Å². The second-order valence-corrected chi connectivity index (χ2v) is 12.3. The number of likely N-dealkylation sites (tertiary alicyclic amines) is 1. The number of rotatable bonds is 8. The van der Waals surface area contributed by atoms with Gasteiger partial charge in [-0.25, -0.2) is 0 Å². The van der Waals surface area contributed by atoms with Crippen LogP contribution in [-0.4, -0.2) is 62.4 Å². The van der Waals surface area contributed by atoms with Gasteiger partial charge in [-0.15, -0.1) is 0 Å². The number of benzene rings is 2. The number of carbonyl (C=O) groups excluding carboxylic acids is 2. The molecule has 3 aromatic rings. The molecule has 0 radical (unpaired) electrons. The fourth-order valence-corrected chi connectivity index (χ4v) is 5.86. The third kappa shape index (κ3) is 4.58. The second-order valence-electron chi connectivity index (χ2n) is 12.3. The van der Waals surface area contributed by atoms with Crippen molar-refractivity contribution in [1.29, 1.82) is 0 Å².